The summed E-state index contributed by atoms with van der Waals surface area (Å²) in [7, 11) is 1.45. The number of aromatic nitrogens is 1. The quantitative estimate of drug-likeness (QED) is 0.195. The Morgan fingerprint density at radius 3 is 2.40 bits per heavy atom. The second kappa shape index (κ2) is 11.4. The fourth-order valence-corrected chi connectivity index (χ4v) is 4.92. The van der Waals surface area contributed by atoms with Crippen LogP contribution >= 0.6 is 0 Å². The van der Waals surface area contributed by atoms with Crippen molar-refractivity contribution in [3.8, 4) is 17.0 Å². The number of aliphatic imine (C=N–C) groups is 1. The Balaban J connectivity index is 1.52. The number of halogens is 2. The van der Waals surface area contributed by atoms with Crippen LogP contribution in [-0.2, 0) is 15.8 Å². The highest BCUT2D eigenvalue weighted by Crippen LogP contribution is 2.46. The molecule has 1 atom stereocenters. The molecule has 0 saturated heterocycles. The van der Waals surface area contributed by atoms with Crippen LogP contribution in [0.4, 0.5) is 14.5 Å². The SMILES string of the molecule is COc1cc(C(=O)NC[C@](O)(c2cc(C(C)(C)C(N)=O)c(F)c(-c3ccc(F)cc3)n2)C2CC2)cc(C=NC2CC2)c1N. The van der Waals surface area contributed by atoms with Gasteiger partial charge in [0, 0.05) is 28.5 Å². The summed E-state index contributed by atoms with van der Waals surface area (Å²) >= 11 is 0. The smallest absolute Gasteiger partial charge is 0.251 e. The maximum atomic E-state index is 15.9. The molecule has 9 nitrogen and oxygen atoms in total. The first-order chi connectivity index (χ1) is 20.3. The van der Waals surface area contributed by atoms with Crippen LogP contribution in [0, 0.1) is 17.6 Å². The van der Waals surface area contributed by atoms with Crippen molar-refractivity contribution in [1.29, 1.82) is 0 Å². The molecule has 0 bridgehead atoms. The number of amides is 2. The summed E-state index contributed by atoms with van der Waals surface area (Å²) in [4.78, 5) is 34.7. The van der Waals surface area contributed by atoms with E-state index in [0.29, 0.717) is 29.8 Å². The van der Waals surface area contributed by atoms with Crippen LogP contribution in [-0.4, -0.2) is 47.8 Å². The Bertz CT molecular complexity index is 1600. The zero-order chi connectivity index (χ0) is 31.1. The van der Waals surface area contributed by atoms with E-state index in [2.05, 4.69) is 15.3 Å². The van der Waals surface area contributed by atoms with E-state index < -0.39 is 34.5 Å². The van der Waals surface area contributed by atoms with E-state index in [1.807, 2.05) is 0 Å². The summed E-state index contributed by atoms with van der Waals surface area (Å²) in [6.07, 6.45) is 4.93. The zero-order valence-corrected chi connectivity index (χ0v) is 24.3. The minimum atomic E-state index is -1.71. The molecule has 0 spiro atoms. The van der Waals surface area contributed by atoms with Gasteiger partial charge in [0.1, 0.15) is 22.9 Å². The number of primary amides is 1. The number of aliphatic hydroxyl groups is 1. The van der Waals surface area contributed by atoms with Gasteiger partial charge in [0.15, 0.2) is 5.82 Å². The average molecular weight is 592 g/mol. The first-order valence-corrected chi connectivity index (χ1v) is 14.1. The van der Waals surface area contributed by atoms with Gasteiger partial charge >= 0.3 is 0 Å². The number of pyridine rings is 1. The van der Waals surface area contributed by atoms with Crippen molar-refractivity contribution in [3.05, 3.63) is 76.5 Å². The van der Waals surface area contributed by atoms with Crippen LogP contribution in [0.5, 0.6) is 5.75 Å². The van der Waals surface area contributed by atoms with Crippen LogP contribution in [0.25, 0.3) is 11.3 Å². The number of carbonyl (C=O) groups is 2. The van der Waals surface area contributed by atoms with Gasteiger partial charge in [0.2, 0.25) is 5.91 Å². The van der Waals surface area contributed by atoms with Crippen molar-refractivity contribution >= 4 is 23.7 Å². The van der Waals surface area contributed by atoms with Crippen molar-refractivity contribution in [2.24, 2.45) is 16.6 Å². The fourth-order valence-electron chi connectivity index (χ4n) is 4.92. The second-order valence-corrected chi connectivity index (χ2v) is 11.8. The summed E-state index contributed by atoms with van der Waals surface area (Å²) < 4.78 is 35.0. The molecule has 0 aliphatic heterocycles. The Morgan fingerprint density at radius 1 is 1.14 bits per heavy atom. The van der Waals surface area contributed by atoms with Gasteiger partial charge in [-0.1, -0.05) is 0 Å². The number of nitrogens with one attached hydrogen (secondary N) is 1. The van der Waals surface area contributed by atoms with Gasteiger partial charge in [-0.15, -0.1) is 0 Å². The van der Waals surface area contributed by atoms with Gasteiger partial charge in [-0.05, 0) is 87.9 Å². The Hall–Kier alpha value is -4.38. The maximum absolute atomic E-state index is 15.9. The summed E-state index contributed by atoms with van der Waals surface area (Å²) in [6.45, 7) is 2.69. The van der Waals surface area contributed by atoms with Gasteiger partial charge < -0.3 is 26.6 Å². The number of nitrogen functional groups attached to an aromatic ring is 1. The van der Waals surface area contributed by atoms with Crippen molar-refractivity contribution in [2.75, 3.05) is 19.4 Å². The van der Waals surface area contributed by atoms with Crippen LogP contribution in [0.1, 0.15) is 66.7 Å². The van der Waals surface area contributed by atoms with Crippen LogP contribution in [0.3, 0.4) is 0 Å². The molecule has 6 N–H and O–H groups in total. The Morgan fingerprint density at radius 2 is 1.81 bits per heavy atom. The summed E-state index contributed by atoms with van der Waals surface area (Å²) in [5, 5.41) is 14.9. The van der Waals surface area contributed by atoms with Crippen molar-refractivity contribution in [2.45, 2.75) is 56.6 Å². The topological polar surface area (TPSA) is 153 Å². The van der Waals surface area contributed by atoms with Gasteiger partial charge in [0.25, 0.3) is 5.91 Å². The lowest BCUT2D eigenvalue weighted by Crippen LogP contribution is -2.44. The molecule has 3 aromatic rings. The third-order valence-corrected chi connectivity index (χ3v) is 8.21. The van der Waals surface area contributed by atoms with Crippen LogP contribution in [0.2, 0.25) is 0 Å². The molecule has 226 valence electrons. The van der Waals surface area contributed by atoms with E-state index in [9.17, 15) is 19.1 Å². The van der Waals surface area contributed by atoms with Gasteiger partial charge in [-0.3, -0.25) is 14.6 Å². The number of carbonyl (C=O) groups excluding carboxylic acids is 2. The molecule has 2 saturated carbocycles. The molecule has 0 radical (unpaired) electrons. The highest BCUT2D eigenvalue weighted by Gasteiger charge is 2.48. The zero-order valence-electron chi connectivity index (χ0n) is 24.3. The summed E-state index contributed by atoms with van der Waals surface area (Å²) in [5.74, 6) is -2.59. The first-order valence-electron chi connectivity index (χ1n) is 14.1. The lowest BCUT2D eigenvalue weighted by atomic mass is 9.80. The number of rotatable bonds is 11. The molecular formula is C32H35F2N5O4. The van der Waals surface area contributed by atoms with Crippen LogP contribution < -0.4 is 21.5 Å². The molecule has 11 heteroatoms. The fraction of sp³-hybridized carbons (Fsp3) is 0.375. The van der Waals surface area contributed by atoms with E-state index in [0.717, 1.165) is 12.8 Å². The lowest BCUT2D eigenvalue weighted by molar-refractivity contribution is -0.122. The first kappa shape index (κ1) is 30.1. The van der Waals surface area contributed by atoms with Gasteiger partial charge in [-0.2, -0.15) is 0 Å². The van der Waals surface area contributed by atoms with E-state index in [-0.39, 0.29) is 46.6 Å². The molecule has 2 aromatic carbocycles. The molecular weight excluding hydrogens is 556 g/mol. The predicted molar refractivity (Wildman–Crippen MR) is 159 cm³/mol. The average Bonchev–Trinajstić information content (AvgIpc) is 3.90. The number of nitrogens with two attached hydrogens (primary N) is 2. The Labute approximate surface area is 248 Å². The molecule has 2 aliphatic rings. The molecule has 1 heterocycles. The molecule has 2 fully saturated rings. The molecule has 1 aromatic heterocycles. The van der Waals surface area contributed by atoms with Gasteiger partial charge in [-0.25, -0.2) is 13.8 Å². The number of anilines is 1. The number of hydrogen-bond donors (Lipinski definition) is 4. The molecule has 0 unspecified atom stereocenters. The molecule has 5 rings (SSSR count). The largest absolute Gasteiger partial charge is 0.495 e. The molecule has 2 aliphatic carbocycles. The van der Waals surface area contributed by atoms with E-state index in [4.69, 9.17) is 16.2 Å². The highest BCUT2D eigenvalue weighted by atomic mass is 19.1. The van der Waals surface area contributed by atoms with E-state index in [1.165, 1.54) is 57.4 Å². The molecule has 43 heavy (non-hydrogen) atoms. The van der Waals surface area contributed by atoms with E-state index >= 15 is 4.39 Å². The number of nitrogens with zero attached hydrogens (tertiary/aromatic N) is 2. The Kier molecular flexibility index (Phi) is 7.95. The highest BCUT2D eigenvalue weighted by molar-refractivity contribution is 5.99. The molecule has 2 amide bonds. The number of hydrogen-bond acceptors (Lipinski definition) is 7. The standard InChI is InChI=1S/C32H35F2N5O4/c1-31(2,30(36)41)23-14-25(39-28(26(23)34)17-4-8-21(33)9-5-17)32(42,20-6-7-20)16-38-29(40)18-12-19(15-37-22-10-11-22)27(35)24(13-18)43-3/h4-5,8-9,12-15,20,22,42H,6-7,10-11,16,35H2,1-3H3,(H2,36,41)(H,38,40)/t32-/m1/s1. The minimum Gasteiger partial charge on any atom is -0.495 e. The monoisotopic (exact) mass is 591 g/mol. The summed E-state index contributed by atoms with van der Waals surface area (Å²) in [5.41, 5.74) is 9.87. The van der Waals surface area contributed by atoms with Crippen molar-refractivity contribution in [1.82, 2.24) is 10.3 Å². The second-order valence-electron chi connectivity index (χ2n) is 11.8. The third-order valence-electron chi connectivity index (χ3n) is 8.21. The number of methoxy groups -OCH3 is 1. The predicted octanol–water partition coefficient (Wildman–Crippen LogP) is 3.99. The maximum Gasteiger partial charge on any atom is 0.251 e. The lowest BCUT2D eigenvalue weighted by Gasteiger charge is -2.31. The third kappa shape index (κ3) is 6.08. The van der Waals surface area contributed by atoms with Crippen molar-refractivity contribution in [3.63, 3.8) is 0 Å². The summed E-state index contributed by atoms with van der Waals surface area (Å²) in [6, 6.07) is 9.75. The number of ether oxygens (including phenoxy) is 1. The normalized spacial score (nSPS) is 16.6. The van der Waals surface area contributed by atoms with E-state index in [1.54, 1.807) is 12.3 Å². The van der Waals surface area contributed by atoms with Crippen molar-refractivity contribution < 1.29 is 28.2 Å². The number of benzene rings is 2. The minimum absolute atomic E-state index is 0.0625. The van der Waals surface area contributed by atoms with Gasteiger partial charge in [0.05, 0.1) is 36.5 Å². The van der Waals surface area contributed by atoms with Crippen LogP contribution in [0.15, 0.2) is 47.5 Å².